The Bertz CT molecular complexity index is 584. The van der Waals surface area contributed by atoms with E-state index in [0.717, 1.165) is 16.3 Å². The molecule has 3 rings (SSSR count). The molecule has 0 N–H and O–H groups in total. The predicted octanol–water partition coefficient (Wildman–Crippen LogP) is 1.42. The van der Waals surface area contributed by atoms with Gasteiger partial charge < -0.3 is 4.90 Å². The highest BCUT2D eigenvalue weighted by Crippen LogP contribution is 2.26. The lowest BCUT2D eigenvalue weighted by atomic mass is 10.3. The van der Waals surface area contributed by atoms with E-state index < -0.39 is 0 Å². The number of para-hydroxylation sites is 1. The first kappa shape index (κ1) is 8.41. The van der Waals surface area contributed by atoms with Gasteiger partial charge in [-0.05, 0) is 6.07 Å². The molecular formula is C12H9FN2. The fourth-order valence-corrected chi connectivity index (χ4v) is 1.78. The molecule has 3 heteroatoms. The number of allylic oxidation sites excluding steroid dienone is 1. The van der Waals surface area contributed by atoms with Gasteiger partial charge in [0.1, 0.15) is 5.83 Å². The molecule has 74 valence electrons. The summed E-state index contributed by atoms with van der Waals surface area (Å²) >= 11 is 0. The van der Waals surface area contributed by atoms with Crippen LogP contribution in [0.1, 0.15) is 6.42 Å². The van der Waals surface area contributed by atoms with Crippen LogP contribution in [0.4, 0.5) is 4.39 Å². The van der Waals surface area contributed by atoms with Gasteiger partial charge >= 0.3 is 0 Å². The first-order valence-corrected chi connectivity index (χ1v) is 4.81. The molecule has 0 unspecified atom stereocenters. The van der Waals surface area contributed by atoms with E-state index in [1.807, 2.05) is 30.5 Å². The Kier molecular flexibility index (Phi) is 1.71. The minimum absolute atomic E-state index is 0.118. The molecule has 15 heavy (non-hydrogen) atoms. The average molecular weight is 200 g/mol. The maximum Gasteiger partial charge on any atom is 0.122 e. The molecule has 0 radical (unpaired) electrons. The van der Waals surface area contributed by atoms with Crippen LogP contribution in [-0.4, -0.2) is 4.90 Å². The number of hydrogen-bond acceptors (Lipinski definition) is 2. The summed E-state index contributed by atoms with van der Waals surface area (Å²) in [7, 11) is 0. The molecule has 2 aliphatic rings. The van der Waals surface area contributed by atoms with Crippen molar-refractivity contribution in [1.29, 1.82) is 0 Å². The molecule has 2 nitrogen and oxygen atoms in total. The van der Waals surface area contributed by atoms with Crippen molar-refractivity contribution in [2.75, 3.05) is 0 Å². The summed E-state index contributed by atoms with van der Waals surface area (Å²) in [5, 5.41) is 1.93. The van der Waals surface area contributed by atoms with Crippen molar-refractivity contribution in [3.63, 3.8) is 0 Å². The molecule has 0 amide bonds. The van der Waals surface area contributed by atoms with Gasteiger partial charge in [0.2, 0.25) is 0 Å². The average Bonchev–Trinajstić information content (AvgIpc) is 2.49. The quantitative estimate of drug-likeness (QED) is 0.618. The molecule has 0 saturated carbocycles. The van der Waals surface area contributed by atoms with Gasteiger partial charge in [-0.2, -0.15) is 0 Å². The van der Waals surface area contributed by atoms with Crippen LogP contribution in [0.25, 0.3) is 6.20 Å². The minimum Gasteiger partial charge on any atom is -0.322 e. The van der Waals surface area contributed by atoms with Crippen LogP contribution in [0.5, 0.6) is 0 Å². The summed E-state index contributed by atoms with van der Waals surface area (Å²) in [6, 6.07) is 7.82. The van der Waals surface area contributed by atoms with Crippen molar-refractivity contribution in [1.82, 2.24) is 4.90 Å². The molecule has 0 aromatic heterocycles. The molecular weight excluding hydrogens is 191 g/mol. The Morgan fingerprint density at radius 3 is 3.00 bits per heavy atom. The zero-order chi connectivity index (χ0) is 10.3. The van der Waals surface area contributed by atoms with Gasteiger partial charge in [0.15, 0.2) is 0 Å². The van der Waals surface area contributed by atoms with Crippen molar-refractivity contribution < 1.29 is 4.39 Å². The molecule has 2 aliphatic heterocycles. The van der Waals surface area contributed by atoms with Gasteiger partial charge in [-0.1, -0.05) is 18.2 Å². The number of fused-ring (bicyclic) bond motifs is 2. The Hall–Kier alpha value is -1.90. The standard InChI is InChI=1S/C12H9FN2/c13-10-5-11-6-14-12-4-2-1-3-9(12)7-15(11)8-10/h1-4,6-8H,5H2. The predicted molar refractivity (Wildman–Crippen MR) is 55.4 cm³/mol. The van der Waals surface area contributed by atoms with Crippen LogP contribution in [0.15, 0.2) is 53.2 Å². The fraction of sp³-hybridized carbons (Fsp3) is 0.0833. The number of benzene rings is 1. The smallest absolute Gasteiger partial charge is 0.122 e. The highest BCUT2D eigenvalue weighted by molar-refractivity contribution is 5.37. The lowest BCUT2D eigenvalue weighted by molar-refractivity contribution is 0.622. The van der Waals surface area contributed by atoms with Gasteiger partial charge in [0.05, 0.1) is 5.36 Å². The fourth-order valence-electron chi connectivity index (χ4n) is 1.78. The van der Waals surface area contributed by atoms with Crippen LogP contribution >= 0.6 is 0 Å². The summed E-state index contributed by atoms with van der Waals surface area (Å²) in [5.41, 5.74) is 0.878. The number of rotatable bonds is 0. The molecule has 0 saturated heterocycles. The van der Waals surface area contributed by atoms with Crippen LogP contribution in [0.2, 0.25) is 0 Å². The van der Waals surface area contributed by atoms with E-state index in [4.69, 9.17) is 0 Å². The van der Waals surface area contributed by atoms with E-state index in [0.29, 0.717) is 6.42 Å². The Morgan fingerprint density at radius 1 is 1.20 bits per heavy atom. The lowest BCUT2D eigenvalue weighted by Crippen LogP contribution is -2.24. The number of hydrogen-bond donors (Lipinski definition) is 0. The monoisotopic (exact) mass is 200 g/mol. The van der Waals surface area contributed by atoms with Gasteiger partial charge in [0.25, 0.3) is 0 Å². The maximum atomic E-state index is 13.1. The van der Waals surface area contributed by atoms with Crippen molar-refractivity contribution >= 4 is 6.20 Å². The molecule has 0 aliphatic carbocycles. The van der Waals surface area contributed by atoms with E-state index in [1.54, 1.807) is 11.1 Å². The van der Waals surface area contributed by atoms with E-state index in [1.165, 1.54) is 6.20 Å². The van der Waals surface area contributed by atoms with Crippen LogP contribution in [0, 0.1) is 0 Å². The Labute approximate surface area is 86.4 Å². The lowest BCUT2D eigenvalue weighted by Gasteiger charge is -2.09. The first-order valence-electron chi connectivity index (χ1n) is 4.81. The molecule has 0 spiro atoms. The van der Waals surface area contributed by atoms with E-state index in [-0.39, 0.29) is 5.83 Å². The zero-order valence-corrected chi connectivity index (χ0v) is 8.02. The van der Waals surface area contributed by atoms with Crippen molar-refractivity contribution in [2.45, 2.75) is 6.42 Å². The molecule has 0 bridgehead atoms. The van der Waals surface area contributed by atoms with Gasteiger partial charge in [-0.15, -0.1) is 0 Å². The summed E-state index contributed by atoms with van der Waals surface area (Å²) in [6.07, 6.45) is 5.48. The van der Waals surface area contributed by atoms with Crippen molar-refractivity contribution in [3.05, 3.63) is 58.8 Å². The van der Waals surface area contributed by atoms with Gasteiger partial charge in [-0.3, -0.25) is 4.99 Å². The van der Waals surface area contributed by atoms with Crippen LogP contribution < -0.4 is 10.6 Å². The topological polar surface area (TPSA) is 15.6 Å². The third kappa shape index (κ3) is 1.36. The third-order valence-electron chi connectivity index (χ3n) is 2.53. The largest absolute Gasteiger partial charge is 0.322 e. The Balaban J connectivity index is 2.25. The van der Waals surface area contributed by atoms with E-state index in [2.05, 4.69) is 4.99 Å². The second-order valence-electron chi connectivity index (χ2n) is 3.60. The SMILES string of the molecule is FC1=CN2C=c3ccccc3=NC=C2C1. The third-order valence-corrected chi connectivity index (χ3v) is 2.53. The van der Waals surface area contributed by atoms with E-state index in [9.17, 15) is 4.39 Å². The van der Waals surface area contributed by atoms with Crippen LogP contribution in [0.3, 0.4) is 0 Å². The maximum absolute atomic E-state index is 13.1. The normalized spacial score (nSPS) is 17.8. The second kappa shape index (κ2) is 3.05. The minimum atomic E-state index is -0.118. The van der Waals surface area contributed by atoms with Crippen molar-refractivity contribution in [2.24, 2.45) is 4.99 Å². The van der Waals surface area contributed by atoms with Crippen molar-refractivity contribution in [3.8, 4) is 0 Å². The number of halogens is 1. The molecule has 1 aromatic rings. The summed E-state index contributed by atoms with van der Waals surface area (Å²) in [4.78, 5) is 6.13. The number of nitrogens with zero attached hydrogens (tertiary/aromatic N) is 2. The Morgan fingerprint density at radius 2 is 2.07 bits per heavy atom. The molecule has 0 atom stereocenters. The molecule has 0 fully saturated rings. The van der Waals surface area contributed by atoms with E-state index >= 15 is 0 Å². The van der Waals surface area contributed by atoms with Gasteiger partial charge in [0, 0.05) is 35.9 Å². The van der Waals surface area contributed by atoms with Crippen LogP contribution in [-0.2, 0) is 0 Å². The summed E-state index contributed by atoms with van der Waals surface area (Å²) < 4.78 is 13.1. The summed E-state index contributed by atoms with van der Waals surface area (Å²) in [6.45, 7) is 0. The zero-order valence-electron chi connectivity index (χ0n) is 8.02. The molecule has 2 heterocycles. The first-order chi connectivity index (χ1) is 7.33. The van der Waals surface area contributed by atoms with Gasteiger partial charge in [-0.25, -0.2) is 4.39 Å². The second-order valence-corrected chi connectivity index (χ2v) is 3.60. The highest BCUT2D eigenvalue weighted by atomic mass is 19.1. The highest BCUT2D eigenvalue weighted by Gasteiger charge is 2.17. The summed E-state index contributed by atoms with van der Waals surface area (Å²) in [5.74, 6) is -0.118. The molecule has 1 aromatic carbocycles.